The second-order valence-corrected chi connectivity index (χ2v) is 5.44. The summed E-state index contributed by atoms with van der Waals surface area (Å²) >= 11 is 2.24. The minimum atomic E-state index is 0.546. The third-order valence-corrected chi connectivity index (χ3v) is 3.84. The molecule has 2 aromatic heterocycles. The number of nitrogens with zero attached hydrogens (tertiary/aromatic N) is 4. The fourth-order valence-electron chi connectivity index (χ4n) is 1.78. The van der Waals surface area contributed by atoms with Gasteiger partial charge in [0.1, 0.15) is 0 Å². The molecule has 21 heavy (non-hydrogen) atoms. The predicted molar refractivity (Wildman–Crippen MR) is 87.1 cm³/mol. The molecule has 0 fully saturated rings. The maximum absolute atomic E-state index is 5.24. The van der Waals surface area contributed by atoms with E-state index in [-0.39, 0.29) is 0 Å². The average Bonchev–Trinajstić information content (AvgIpc) is 3.04. The number of oxazole rings is 1. The second-order valence-electron chi connectivity index (χ2n) is 4.28. The van der Waals surface area contributed by atoms with Crippen LogP contribution in [0.25, 0.3) is 11.3 Å². The molecule has 6 heteroatoms. The maximum atomic E-state index is 5.24. The summed E-state index contributed by atoms with van der Waals surface area (Å²) in [6.07, 6.45) is 6.68. The SMILES string of the molecule is Ic1cnccc1CN=Nc1ccc(-c2cnco2)cc1. The van der Waals surface area contributed by atoms with Gasteiger partial charge in [0, 0.05) is 21.5 Å². The summed E-state index contributed by atoms with van der Waals surface area (Å²) in [5, 5.41) is 8.44. The third-order valence-electron chi connectivity index (χ3n) is 2.87. The minimum Gasteiger partial charge on any atom is -0.444 e. The van der Waals surface area contributed by atoms with Crippen LogP contribution in [0.1, 0.15) is 5.56 Å². The Hall–Kier alpha value is -2.09. The molecule has 0 spiro atoms. The Kier molecular flexibility index (Phi) is 4.34. The largest absolute Gasteiger partial charge is 0.444 e. The summed E-state index contributed by atoms with van der Waals surface area (Å²) in [5.41, 5.74) is 2.89. The van der Waals surface area contributed by atoms with Crippen molar-refractivity contribution in [2.75, 3.05) is 0 Å². The highest BCUT2D eigenvalue weighted by Crippen LogP contribution is 2.22. The van der Waals surface area contributed by atoms with Gasteiger partial charge in [0.25, 0.3) is 0 Å². The molecule has 0 amide bonds. The highest BCUT2D eigenvalue weighted by molar-refractivity contribution is 14.1. The van der Waals surface area contributed by atoms with Crippen LogP contribution in [0.2, 0.25) is 0 Å². The zero-order valence-corrected chi connectivity index (χ0v) is 13.1. The molecular weight excluding hydrogens is 379 g/mol. The Labute approximate surface area is 135 Å². The normalized spacial score (nSPS) is 11.1. The molecule has 0 N–H and O–H groups in total. The smallest absolute Gasteiger partial charge is 0.181 e. The van der Waals surface area contributed by atoms with Crippen molar-refractivity contribution in [3.05, 3.63) is 64.4 Å². The van der Waals surface area contributed by atoms with E-state index in [2.05, 4.69) is 42.8 Å². The van der Waals surface area contributed by atoms with Gasteiger partial charge in [-0.25, -0.2) is 4.98 Å². The Morgan fingerprint density at radius 1 is 1.05 bits per heavy atom. The van der Waals surface area contributed by atoms with E-state index in [4.69, 9.17) is 4.42 Å². The topological polar surface area (TPSA) is 63.6 Å². The van der Waals surface area contributed by atoms with Gasteiger partial charge in [-0.3, -0.25) is 4.98 Å². The van der Waals surface area contributed by atoms with Gasteiger partial charge in [0.2, 0.25) is 0 Å². The summed E-state index contributed by atoms with van der Waals surface area (Å²) in [6, 6.07) is 9.63. The number of benzene rings is 1. The molecule has 0 bridgehead atoms. The lowest BCUT2D eigenvalue weighted by atomic mass is 10.2. The molecule has 0 aliphatic heterocycles. The van der Waals surface area contributed by atoms with Gasteiger partial charge in [-0.05, 0) is 58.5 Å². The summed E-state index contributed by atoms with van der Waals surface area (Å²) in [7, 11) is 0. The highest BCUT2D eigenvalue weighted by Gasteiger charge is 2.01. The zero-order chi connectivity index (χ0) is 14.5. The predicted octanol–water partition coefficient (Wildman–Crippen LogP) is 4.63. The molecule has 0 saturated carbocycles. The van der Waals surface area contributed by atoms with Crippen LogP contribution in [0.15, 0.2) is 70.0 Å². The van der Waals surface area contributed by atoms with Crippen LogP contribution in [0, 0.1) is 3.57 Å². The first-order chi connectivity index (χ1) is 10.3. The lowest BCUT2D eigenvalue weighted by Crippen LogP contribution is -1.86. The van der Waals surface area contributed by atoms with Gasteiger partial charge in [0.15, 0.2) is 12.2 Å². The molecule has 0 atom stereocenters. The van der Waals surface area contributed by atoms with Crippen LogP contribution in [0.3, 0.4) is 0 Å². The van der Waals surface area contributed by atoms with Gasteiger partial charge in [-0.2, -0.15) is 10.2 Å². The molecular formula is C15H11IN4O. The lowest BCUT2D eigenvalue weighted by Gasteiger charge is -1.99. The van der Waals surface area contributed by atoms with Gasteiger partial charge in [0.05, 0.1) is 18.4 Å². The van der Waals surface area contributed by atoms with Crippen LogP contribution >= 0.6 is 22.6 Å². The van der Waals surface area contributed by atoms with Gasteiger partial charge < -0.3 is 4.42 Å². The van der Waals surface area contributed by atoms with E-state index in [9.17, 15) is 0 Å². The third kappa shape index (κ3) is 3.52. The van der Waals surface area contributed by atoms with E-state index < -0.39 is 0 Å². The van der Waals surface area contributed by atoms with E-state index in [0.717, 1.165) is 26.1 Å². The van der Waals surface area contributed by atoms with Crippen molar-refractivity contribution in [1.82, 2.24) is 9.97 Å². The zero-order valence-electron chi connectivity index (χ0n) is 11.0. The van der Waals surface area contributed by atoms with Gasteiger partial charge in [-0.15, -0.1) is 0 Å². The van der Waals surface area contributed by atoms with E-state index in [1.807, 2.05) is 36.5 Å². The standard InChI is InChI=1S/C15H11IN4O/c16-14-8-17-6-5-12(14)7-19-20-13-3-1-11(2-4-13)15-9-18-10-21-15/h1-6,8-10H,7H2. The molecule has 3 rings (SSSR count). The van der Waals surface area contributed by atoms with E-state index >= 15 is 0 Å². The van der Waals surface area contributed by atoms with Crippen LogP contribution in [0.5, 0.6) is 0 Å². The van der Waals surface area contributed by atoms with Crippen LogP contribution in [-0.4, -0.2) is 9.97 Å². The van der Waals surface area contributed by atoms with Gasteiger partial charge >= 0.3 is 0 Å². The number of hydrogen-bond donors (Lipinski definition) is 0. The molecule has 0 unspecified atom stereocenters. The fraction of sp³-hybridized carbons (Fsp3) is 0.0667. The van der Waals surface area contributed by atoms with Crippen molar-refractivity contribution in [2.45, 2.75) is 6.54 Å². The van der Waals surface area contributed by atoms with Crippen molar-refractivity contribution in [3.8, 4) is 11.3 Å². The number of hydrogen-bond acceptors (Lipinski definition) is 5. The van der Waals surface area contributed by atoms with E-state index in [0.29, 0.717) is 6.54 Å². The number of rotatable bonds is 4. The first-order valence-corrected chi connectivity index (χ1v) is 7.35. The molecule has 0 aliphatic carbocycles. The van der Waals surface area contributed by atoms with Gasteiger partial charge in [-0.1, -0.05) is 0 Å². The van der Waals surface area contributed by atoms with Crippen LogP contribution < -0.4 is 0 Å². The number of aromatic nitrogens is 2. The van der Waals surface area contributed by atoms with E-state index in [1.165, 1.54) is 6.39 Å². The minimum absolute atomic E-state index is 0.546. The Bertz CT molecular complexity index is 739. The molecule has 104 valence electrons. The quantitative estimate of drug-likeness (QED) is 0.482. The lowest BCUT2D eigenvalue weighted by molar-refractivity contribution is 0.572. The summed E-state index contributed by atoms with van der Waals surface area (Å²) < 4.78 is 6.33. The molecule has 1 aromatic carbocycles. The van der Waals surface area contributed by atoms with Crippen molar-refractivity contribution in [3.63, 3.8) is 0 Å². The number of halogens is 1. The number of azo groups is 1. The van der Waals surface area contributed by atoms with Crippen molar-refractivity contribution in [1.29, 1.82) is 0 Å². The summed E-state index contributed by atoms with van der Waals surface area (Å²) in [6.45, 7) is 0.546. The van der Waals surface area contributed by atoms with Crippen LogP contribution in [0.4, 0.5) is 5.69 Å². The molecule has 5 nitrogen and oxygen atoms in total. The van der Waals surface area contributed by atoms with Crippen molar-refractivity contribution < 1.29 is 4.42 Å². The summed E-state index contributed by atoms with van der Waals surface area (Å²) in [4.78, 5) is 7.95. The van der Waals surface area contributed by atoms with Crippen molar-refractivity contribution in [2.24, 2.45) is 10.2 Å². The Morgan fingerprint density at radius 3 is 2.62 bits per heavy atom. The maximum Gasteiger partial charge on any atom is 0.181 e. The molecule has 2 heterocycles. The average molecular weight is 390 g/mol. The monoisotopic (exact) mass is 390 g/mol. The first-order valence-electron chi connectivity index (χ1n) is 6.28. The molecule has 0 saturated heterocycles. The highest BCUT2D eigenvalue weighted by atomic mass is 127. The van der Waals surface area contributed by atoms with Crippen LogP contribution in [-0.2, 0) is 6.54 Å². The molecule has 0 aliphatic rings. The van der Waals surface area contributed by atoms with E-state index in [1.54, 1.807) is 12.4 Å². The van der Waals surface area contributed by atoms with Crippen molar-refractivity contribution >= 4 is 28.3 Å². The first kappa shape index (κ1) is 13.9. The Balaban J connectivity index is 1.68. The molecule has 3 aromatic rings. The Morgan fingerprint density at radius 2 is 1.90 bits per heavy atom. The number of pyridine rings is 1. The second kappa shape index (κ2) is 6.57. The summed E-state index contributed by atoms with van der Waals surface area (Å²) in [5.74, 6) is 0.741. The fourth-order valence-corrected chi connectivity index (χ4v) is 2.29. The molecule has 0 radical (unpaired) electrons.